The van der Waals surface area contributed by atoms with Crippen molar-refractivity contribution in [3.8, 4) is 11.3 Å². The van der Waals surface area contributed by atoms with E-state index in [-0.39, 0.29) is 34.6 Å². The molecule has 0 unspecified atom stereocenters. The summed E-state index contributed by atoms with van der Waals surface area (Å²) in [4.78, 5) is 38.0. The van der Waals surface area contributed by atoms with Gasteiger partial charge in [0.25, 0.3) is 11.8 Å². The van der Waals surface area contributed by atoms with Gasteiger partial charge in [-0.05, 0) is 42.7 Å². The summed E-state index contributed by atoms with van der Waals surface area (Å²) in [6.07, 6.45) is 1.63. The molecule has 0 atom stereocenters. The van der Waals surface area contributed by atoms with Crippen LogP contribution in [0.25, 0.3) is 16.9 Å². The molecule has 186 valence electrons. The van der Waals surface area contributed by atoms with E-state index in [0.29, 0.717) is 43.3 Å². The van der Waals surface area contributed by atoms with E-state index in [9.17, 15) is 14.0 Å². The second-order valence-electron chi connectivity index (χ2n) is 9.91. The maximum atomic E-state index is 13.4. The van der Waals surface area contributed by atoms with Gasteiger partial charge in [0.05, 0.1) is 11.9 Å². The summed E-state index contributed by atoms with van der Waals surface area (Å²) >= 11 is 0. The van der Waals surface area contributed by atoms with Gasteiger partial charge < -0.3 is 9.80 Å². The topological polar surface area (TPSA) is 112 Å². The fraction of sp³-hybridized carbons (Fsp3) is 0.360. The number of nitrogens with zero attached hydrogens (tertiary/aromatic N) is 7. The van der Waals surface area contributed by atoms with E-state index < -0.39 is 0 Å². The van der Waals surface area contributed by atoms with Gasteiger partial charge in [-0.15, -0.1) is 0 Å². The minimum atomic E-state index is -0.316. The van der Waals surface area contributed by atoms with Crippen LogP contribution >= 0.6 is 0 Å². The lowest BCUT2D eigenvalue weighted by atomic mass is 9.87. The third kappa shape index (κ3) is 4.43. The van der Waals surface area contributed by atoms with E-state index in [2.05, 4.69) is 46.0 Å². The standard InChI is InChI=1S/C25H27FN8O2/c1-15-27-21(30-29-15)24(36)33-11-9-32(10-12-33)23(35)20-14-34-22(28-20)18(25(2,3)4)13-19(31-34)16-5-7-17(26)8-6-16/h5-8,13-14H,9-12H2,1-4H3,(H,27,29,30). The molecular formula is C25H27FN8O2. The van der Waals surface area contributed by atoms with Crippen LogP contribution in [0.4, 0.5) is 4.39 Å². The Morgan fingerprint density at radius 3 is 2.19 bits per heavy atom. The van der Waals surface area contributed by atoms with E-state index in [1.54, 1.807) is 39.6 Å². The first-order valence-electron chi connectivity index (χ1n) is 11.7. The van der Waals surface area contributed by atoms with Gasteiger partial charge in [-0.3, -0.25) is 14.7 Å². The third-order valence-electron chi connectivity index (χ3n) is 6.25. The number of H-pyrrole nitrogens is 1. The molecule has 1 aliphatic rings. The average molecular weight is 491 g/mol. The molecule has 10 nitrogen and oxygen atoms in total. The molecule has 11 heteroatoms. The van der Waals surface area contributed by atoms with Crippen molar-refractivity contribution in [2.45, 2.75) is 33.1 Å². The number of rotatable bonds is 3. The number of carbonyl (C=O) groups is 2. The highest BCUT2D eigenvalue weighted by Gasteiger charge is 2.29. The molecule has 0 spiro atoms. The minimum absolute atomic E-state index is 0.199. The molecule has 0 bridgehead atoms. The van der Waals surface area contributed by atoms with Gasteiger partial charge in [-0.1, -0.05) is 20.8 Å². The van der Waals surface area contributed by atoms with Crippen LogP contribution < -0.4 is 0 Å². The summed E-state index contributed by atoms with van der Waals surface area (Å²) in [6, 6.07) is 8.10. The molecule has 1 aromatic carbocycles. The van der Waals surface area contributed by atoms with Gasteiger partial charge in [0.2, 0.25) is 5.82 Å². The molecule has 4 aromatic rings. The smallest absolute Gasteiger partial charge is 0.291 e. The first-order valence-corrected chi connectivity index (χ1v) is 11.7. The Balaban J connectivity index is 1.39. The van der Waals surface area contributed by atoms with E-state index in [1.165, 1.54) is 12.1 Å². The number of hydrogen-bond acceptors (Lipinski definition) is 6. The van der Waals surface area contributed by atoms with Crippen LogP contribution in [0.1, 0.15) is 53.3 Å². The highest BCUT2D eigenvalue weighted by molar-refractivity contribution is 5.94. The highest BCUT2D eigenvalue weighted by atomic mass is 19.1. The summed E-state index contributed by atoms with van der Waals surface area (Å²) in [5, 5.41) is 11.2. The molecular weight excluding hydrogens is 463 g/mol. The second kappa shape index (κ2) is 8.81. The summed E-state index contributed by atoms with van der Waals surface area (Å²) < 4.78 is 15.1. The lowest BCUT2D eigenvalue weighted by Gasteiger charge is -2.33. The number of fused-ring (bicyclic) bond motifs is 1. The van der Waals surface area contributed by atoms with Gasteiger partial charge >= 0.3 is 0 Å². The van der Waals surface area contributed by atoms with Crippen molar-refractivity contribution in [3.63, 3.8) is 0 Å². The monoisotopic (exact) mass is 490 g/mol. The molecule has 2 amide bonds. The number of piperazine rings is 1. The van der Waals surface area contributed by atoms with Crippen LogP contribution in [0.3, 0.4) is 0 Å². The zero-order chi connectivity index (χ0) is 25.6. The third-order valence-corrected chi connectivity index (χ3v) is 6.25. The Bertz CT molecular complexity index is 1440. The summed E-state index contributed by atoms with van der Waals surface area (Å²) in [7, 11) is 0. The van der Waals surface area contributed by atoms with Crippen LogP contribution in [0.5, 0.6) is 0 Å². The molecule has 36 heavy (non-hydrogen) atoms. The first-order chi connectivity index (χ1) is 17.1. The number of imidazole rings is 1. The fourth-order valence-electron chi connectivity index (χ4n) is 4.26. The first kappa shape index (κ1) is 23.6. The number of nitrogens with one attached hydrogen (secondary N) is 1. The Kier molecular flexibility index (Phi) is 5.77. The van der Waals surface area contributed by atoms with E-state index in [1.807, 2.05) is 6.07 Å². The predicted octanol–water partition coefficient (Wildman–Crippen LogP) is 2.86. The van der Waals surface area contributed by atoms with Crippen molar-refractivity contribution in [3.05, 3.63) is 65.3 Å². The molecule has 4 heterocycles. The Morgan fingerprint density at radius 1 is 0.972 bits per heavy atom. The van der Waals surface area contributed by atoms with Gasteiger partial charge in [0.1, 0.15) is 17.3 Å². The van der Waals surface area contributed by atoms with Crippen molar-refractivity contribution >= 4 is 17.5 Å². The van der Waals surface area contributed by atoms with Gasteiger partial charge in [0.15, 0.2) is 5.65 Å². The maximum Gasteiger partial charge on any atom is 0.291 e. The van der Waals surface area contributed by atoms with Gasteiger partial charge in [0, 0.05) is 37.3 Å². The molecule has 3 aromatic heterocycles. The lowest BCUT2D eigenvalue weighted by molar-refractivity contribution is 0.0526. The quantitative estimate of drug-likeness (QED) is 0.473. The average Bonchev–Trinajstić information content (AvgIpc) is 3.48. The number of amides is 2. The van der Waals surface area contributed by atoms with Gasteiger partial charge in [-0.2, -0.15) is 10.2 Å². The zero-order valence-electron chi connectivity index (χ0n) is 20.6. The molecule has 0 radical (unpaired) electrons. The molecule has 1 N–H and O–H groups in total. The van der Waals surface area contributed by atoms with Crippen molar-refractivity contribution in [1.29, 1.82) is 0 Å². The van der Waals surface area contributed by atoms with E-state index >= 15 is 0 Å². The Labute approximate surface area is 207 Å². The molecule has 5 rings (SSSR count). The number of aromatic amines is 1. The van der Waals surface area contributed by atoms with Crippen LogP contribution in [-0.2, 0) is 5.41 Å². The number of aromatic nitrogens is 6. The number of halogens is 1. The van der Waals surface area contributed by atoms with Crippen LogP contribution in [-0.4, -0.2) is 77.6 Å². The van der Waals surface area contributed by atoms with Crippen LogP contribution in [0, 0.1) is 12.7 Å². The van der Waals surface area contributed by atoms with Crippen LogP contribution in [0.15, 0.2) is 36.5 Å². The number of carbonyl (C=O) groups excluding carboxylic acids is 2. The lowest BCUT2D eigenvalue weighted by Crippen LogP contribution is -2.50. The van der Waals surface area contributed by atoms with Crippen molar-refractivity contribution in [2.24, 2.45) is 0 Å². The molecule has 0 aliphatic carbocycles. The molecule has 1 saturated heterocycles. The highest BCUT2D eigenvalue weighted by Crippen LogP contribution is 2.30. The minimum Gasteiger partial charge on any atom is -0.334 e. The van der Waals surface area contributed by atoms with Gasteiger partial charge in [-0.25, -0.2) is 18.9 Å². The number of aryl methyl sites for hydroxylation is 1. The maximum absolute atomic E-state index is 13.4. The summed E-state index contributed by atoms with van der Waals surface area (Å²) in [5.41, 5.74) is 2.98. The summed E-state index contributed by atoms with van der Waals surface area (Å²) in [6.45, 7) is 9.45. The SMILES string of the molecule is Cc1n[nH]c(C(=O)N2CCN(C(=O)c3cn4nc(-c5ccc(F)cc5)cc(C(C)(C)C)c4n3)CC2)n1. The van der Waals surface area contributed by atoms with Crippen molar-refractivity contribution in [1.82, 2.24) is 39.6 Å². The van der Waals surface area contributed by atoms with Crippen molar-refractivity contribution < 1.29 is 14.0 Å². The molecule has 0 saturated carbocycles. The number of hydrogen-bond donors (Lipinski definition) is 1. The van der Waals surface area contributed by atoms with E-state index in [4.69, 9.17) is 0 Å². The fourth-order valence-corrected chi connectivity index (χ4v) is 4.26. The Morgan fingerprint density at radius 2 is 1.61 bits per heavy atom. The second-order valence-corrected chi connectivity index (χ2v) is 9.91. The normalized spacial score (nSPS) is 14.5. The van der Waals surface area contributed by atoms with Crippen LogP contribution in [0.2, 0.25) is 0 Å². The number of benzene rings is 1. The summed E-state index contributed by atoms with van der Waals surface area (Å²) in [5.74, 6) is -0.0617. The molecule has 1 aliphatic heterocycles. The largest absolute Gasteiger partial charge is 0.334 e. The predicted molar refractivity (Wildman–Crippen MR) is 130 cm³/mol. The van der Waals surface area contributed by atoms with Crippen molar-refractivity contribution in [2.75, 3.05) is 26.2 Å². The zero-order valence-corrected chi connectivity index (χ0v) is 20.6. The molecule has 1 fully saturated rings. The van der Waals surface area contributed by atoms with E-state index in [0.717, 1.165) is 11.1 Å². The Hall–Kier alpha value is -4.15.